The van der Waals surface area contributed by atoms with Gasteiger partial charge in [-0.3, -0.25) is 0 Å². The van der Waals surface area contributed by atoms with Crippen molar-refractivity contribution in [2.75, 3.05) is 18.0 Å². The van der Waals surface area contributed by atoms with Crippen molar-refractivity contribution in [2.45, 2.75) is 26.2 Å². The first-order valence-electron chi connectivity index (χ1n) is 8.76. The Labute approximate surface area is 147 Å². The van der Waals surface area contributed by atoms with Gasteiger partial charge in [0.2, 0.25) is 0 Å². The lowest BCUT2D eigenvalue weighted by molar-refractivity contribution is 0.401. The number of rotatable bonds is 4. The maximum atomic E-state index is 4.46. The van der Waals surface area contributed by atoms with Crippen LogP contribution in [0.4, 0.5) is 5.82 Å². The molecule has 7 heteroatoms. The zero-order chi connectivity index (χ0) is 17.2. The Morgan fingerprint density at radius 2 is 1.96 bits per heavy atom. The molecular formula is C18H23N7. The summed E-state index contributed by atoms with van der Waals surface area (Å²) in [6.45, 7) is 4.00. The zero-order valence-electron chi connectivity index (χ0n) is 14.7. The van der Waals surface area contributed by atoms with Gasteiger partial charge in [0, 0.05) is 45.1 Å². The van der Waals surface area contributed by atoms with Crippen LogP contribution in [-0.4, -0.2) is 42.6 Å². The largest absolute Gasteiger partial charge is 0.355 e. The molecule has 4 rings (SSSR count). The first-order chi connectivity index (χ1) is 12.2. The molecule has 0 spiro atoms. The van der Waals surface area contributed by atoms with Crippen LogP contribution >= 0.6 is 0 Å². The van der Waals surface area contributed by atoms with E-state index in [1.165, 1.54) is 12.8 Å². The van der Waals surface area contributed by atoms with Gasteiger partial charge in [0.05, 0.1) is 5.69 Å². The minimum absolute atomic E-state index is 0.602. The van der Waals surface area contributed by atoms with E-state index in [9.17, 15) is 0 Å². The van der Waals surface area contributed by atoms with Gasteiger partial charge in [-0.1, -0.05) is 0 Å². The number of nitrogens with zero attached hydrogens (tertiary/aromatic N) is 7. The first kappa shape index (κ1) is 15.8. The average molecular weight is 337 g/mol. The summed E-state index contributed by atoms with van der Waals surface area (Å²) in [7, 11) is 2.06. The number of aryl methyl sites for hydroxylation is 2. The molecule has 0 N–H and O–H groups in total. The van der Waals surface area contributed by atoms with Crippen molar-refractivity contribution in [1.29, 1.82) is 0 Å². The number of imidazole rings is 1. The lowest BCUT2D eigenvalue weighted by atomic mass is 9.94. The van der Waals surface area contributed by atoms with Crippen molar-refractivity contribution in [3.63, 3.8) is 0 Å². The summed E-state index contributed by atoms with van der Waals surface area (Å²) in [4.78, 5) is 6.80. The molecule has 1 fully saturated rings. The monoisotopic (exact) mass is 337 g/mol. The Morgan fingerprint density at radius 1 is 1.12 bits per heavy atom. The molecule has 0 amide bonds. The molecule has 130 valence electrons. The second-order valence-electron chi connectivity index (χ2n) is 6.76. The van der Waals surface area contributed by atoms with Gasteiger partial charge in [0.1, 0.15) is 5.82 Å². The second kappa shape index (κ2) is 6.66. The maximum absolute atomic E-state index is 4.46. The molecule has 4 heterocycles. The van der Waals surface area contributed by atoms with E-state index in [1.807, 2.05) is 43.7 Å². The van der Waals surface area contributed by atoms with Crippen molar-refractivity contribution in [3.05, 3.63) is 48.3 Å². The number of hydrogen-bond acceptors (Lipinski definition) is 5. The molecule has 1 aliphatic heterocycles. The lowest BCUT2D eigenvalue weighted by Gasteiger charge is -2.33. The summed E-state index contributed by atoms with van der Waals surface area (Å²) in [5.41, 5.74) is 0.971. The average Bonchev–Trinajstić information content (AvgIpc) is 3.24. The molecule has 1 atom stereocenters. The van der Waals surface area contributed by atoms with E-state index in [-0.39, 0.29) is 0 Å². The Kier molecular flexibility index (Phi) is 4.21. The van der Waals surface area contributed by atoms with Gasteiger partial charge in [-0.15, -0.1) is 10.2 Å². The highest BCUT2D eigenvalue weighted by molar-refractivity contribution is 5.40. The van der Waals surface area contributed by atoms with Gasteiger partial charge in [0.15, 0.2) is 11.6 Å². The summed E-state index contributed by atoms with van der Waals surface area (Å²) in [5.74, 6) is 3.45. The van der Waals surface area contributed by atoms with Crippen molar-refractivity contribution in [3.8, 4) is 5.82 Å². The number of hydrogen-bond donors (Lipinski definition) is 0. The predicted molar refractivity (Wildman–Crippen MR) is 95.7 cm³/mol. The third-order valence-electron chi connectivity index (χ3n) is 4.83. The fraction of sp³-hybridized carbons (Fsp3) is 0.444. The van der Waals surface area contributed by atoms with Gasteiger partial charge in [-0.05, 0) is 43.9 Å². The summed E-state index contributed by atoms with van der Waals surface area (Å²) in [6.07, 6.45) is 9.22. The standard InChI is InChI=1S/C18H23N7/c1-14-7-10-25(22-14)17-6-5-16(20-21-17)24-9-3-4-15(13-24)12-18-19-8-11-23(18)2/h5-8,10-11,15H,3-4,9,12-13H2,1-2H3/t15-/m1/s1. The highest BCUT2D eigenvalue weighted by Crippen LogP contribution is 2.24. The van der Waals surface area contributed by atoms with Crippen LogP contribution in [0, 0.1) is 12.8 Å². The van der Waals surface area contributed by atoms with Crippen LogP contribution in [0.3, 0.4) is 0 Å². The molecule has 1 aliphatic rings. The van der Waals surface area contributed by atoms with E-state index in [0.717, 1.165) is 42.7 Å². The molecule has 3 aromatic rings. The Balaban J connectivity index is 1.45. The first-order valence-corrected chi connectivity index (χ1v) is 8.76. The number of aromatic nitrogens is 6. The van der Waals surface area contributed by atoms with Crippen molar-refractivity contribution < 1.29 is 0 Å². The van der Waals surface area contributed by atoms with Gasteiger partial charge < -0.3 is 9.47 Å². The van der Waals surface area contributed by atoms with Crippen molar-refractivity contribution in [2.24, 2.45) is 13.0 Å². The van der Waals surface area contributed by atoms with E-state index < -0.39 is 0 Å². The highest BCUT2D eigenvalue weighted by Gasteiger charge is 2.22. The van der Waals surface area contributed by atoms with E-state index >= 15 is 0 Å². The Hall–Kier alpha value is -2.70. The van der Waals surface area contributed by atoms with Crippen molar-refractivity contribution >= 4 is 5.82 Å². The quantitative estimate of drug-likeness (QED) is 0.730. The van der Waals surface area contributed by atoms with Gasteiger partial charge in [-0.2, -0.15) is 5.10 Å². The van der Waals surface area contributed by atoms with Crippen LogP contribution in [0.25, 0.3) is 5.82 Å². The molecule has 0 radical (unpaired) electrons. The Morgan fingerprint density at radius 3 is 2.64 bits per heavy atom. The normalized spacial score (nSPS) is 17.8. The van der Waals surface area contributed by atoms with E-state index in [1.54, 1.807) is 4.68 Å². The molecule has 3 aromatic heterocycles. The third kappa shape index (κ3) is 3.40. The molecule has 25 heavy (non-hydrogen) atoms. The molecule has 0 bridgehead atoms. The molecule has 1 saturated heterocycles. The maximum Gasteiger partial charge on any atom is 0.175 e. The minimum atomic E-state index is 0.602. The van der Waals surface area contributed by atoms with Crippen LogP contribution in [0.5, 0.6) is 0 Å². The fourth-order valence-corrected chi connectivity index (χ4v) is 3.44. The fourth-order valence-electron chi connectivity index (χ4n) is 3.44. The summed E-state index contributed by atoms with van der Waals surface area (Å²) in [6, 6.07) is 5.99. The summed E-state index contributed by atoms with van der Waals surface area (Å²) >= 11 is 0. The summed E-state index contributed by atoms with van der Waals surface area (Å²) in [5, 5.41) is 13.2. The highest BCUT2D eigenvalue weighted by atomic mass is 15.4. The van der Waals surface area contributed by atoms with Gasteiger partial charge in [-0.25, -0.2) is 9.67 Å². The van der Waals surface area contributed by atoms with Crippen LogP contribution in [-0.2, 0) is 13.5 Å². The van der Waals surface area contributed by atoms with Crippen LogP contribution in [0.1, 0.15) is 24.4 Å². The van der Waals surface area contributed by atoms with Gasteiger partial charge >= 0.3 is 0 Å². The third-order valence-corrected chi connectivity index (χ3v) is 4.83. The van der Waals surface area contributed by atoms with E-state index in [0.29, 0.717) is 5.92 Å². The minimum Gasteiger partial charge on any atom is -0.355 e. The van der Waals surface area contributed by atoms with Gasteiger partial charge in [0.25, 0.3) is 0 Å². The molecule has 7 nitrogen and oxygen atoms in total. The lowest BCUT2D eigenvalue weighted by Crippen LogP contribution is -2.37. The van der Waals surface area contributed by atoms with Crippen molar-refractivity contribution in [1.82, 2.24) is 29.5 Å². The molecule has 0 saturated carbocycles. The van der Waals surface area contributed by atoms with Crippen LogP contribution < -0.4 is 4.90 Å². The van der Waals surface area contributed by atoms with Crippen LogP contribution in [0.15, 0.2) is 36.8 Å². The van der Waals surface area contributed by atoms with E-state index in [2.05, 4.69) is 36.8 Å². The number of piperidine rings is 1. The molecule has 0 aromatic carbocycles. The predicted octanol–water partition coefficient (Wildman–Crippen LogP) is 2.16. The second-order valence-corrected chi connectivity index (χ2v) is 6.76. The smallest absolute Gasteiger partial charge is 0.175 e. The SMILES string of the molecule is Cc1ccn(-c2ccc(N3CCC[C@H](Cc4nccn4C)C3)nn2)n1. The topological polar surface area (TPSA) is 64.7 Å². The Bertz CT molecular complexity index is 833. The van der Waals surface area contributed by atoms with Crippen LogP contribution in [0.2, 0.25) is 0 Å². The molecular weight excluding hydrogens is 314 g/mol. The number of anilines is 1. The molecule has 0 unspecified atom stereocenters. The van der Waals surface area contributed by atoms with E-state index in [4.69, 9.17) is 0 Å². The summed E-state index contributed by atoms with van der Waals surface area (Å²) < 4.78 is 3.87. The zero-order valence-corrected chi connectivity index (χ0v) is 14.7. The molecule has 0 aliphatic carbocycles.